The molecule has 2 aliphatic heterocycles. The third-order valence-corrected chi connectivity index (χ3v) is 3.70. The molecule has 0 aromatic rings. The Morgan fingerprint density at radius 3 is 1.71 bits per heavy atom. The standard InChI is InChI=1S/C14H22O3/c1-3-13(7-5-9-16-13)11-15-12-14(4-2)8-6-10-17-14/h3-4H,1-2,5-12H2. The van der Waals surface area contributed by atoms with Crippen molar-refractivity contribution in [2.75, 3.05) is 26.4 Å². The fraction of sp³-hybridized carbons (Fsp3) is 0.714. The van der Waals surface area contributed by atoms with Crippen LogP contribution in [0.25, 0.3) is 0 Å². The van der Waals surface area contributed by atoms with E-state index in [2.05, 4.69) is 13.2 Å². The summed E-state index contributed by atoms with van der Waals surface area (Å²) in [6.45, 7) is 10.4. The first-order valence-corrected chi connectivity index (χ1v) is 6.37. The summed E-state index contributed by atoms with van der Waals surface area (Å²) in [5, 5.41) is 0. The molecule has 0 amide bonds. The van der Waals surface area contributed by atoms with Gasteiger partial charge in [-0.1, -0.05) is 12.2 Å². The van der Waals surface area contributed by atoms with E-state index in [1.807, 2.05) is 12.2 Å². The van der Waals surface area contributed by atoms with Crippen molar-refractivity contribution in [2.45, 2.75) is 36.9 Å². The van der Waals surface area contributed by atoms with Gasteiger partial charge in [0.1, 0.15) is 11.2 Å². The van der Waals surface area contributed by atoms with Crippen LogP contribution < -0.4 is 0 Å². The van der Waals surface area contributed by atoms with E-state index in [1.54, 1.807) is 0 Å². The Hall–Kier alpha value is -0.640. The highest BCUT2D eigenvalue weighted by Gasteiger charge is 2.36. The van der Waals surface area contributed by atoms with Crippen LogP contribution in [-0.2, 0) is 14.2 Å². The van der Waals surface area contributed by atoms with Crippen LogP contribution >= 0.6 is 0 Å². The predicted octanol–water partition coefficient (Wildman–Crippen LogP) is 2.47. The molecule has 0 N–H and O–H groups in total. The molecule has 3 nitrogen and oxygen atoms in total. The second kappa shape index (κ2) is 5.34. The average Bonchev–Trinajstić information content (AvgIpc) is 2.99. The van der Waals surface area contributed by atoms with E-state index in [4.69, 9.17) is 14.2 Å². The molecule has 96 valence electrons. The average molecular weight is 238 g/mol. The minimum absolute atomic E-state index is 0.277. The molecule has 2 saturated heterocycles. The molecule has 0 spiro atoms. The molecule has 0 bridgehead atoms. The first kappa shape index (κ1) is 12.8. The van der Waals surface area contributed by atoms with Gasteiger partial charge in [-0.3, -0.25) is 0 Å². The van der Waals surface area contributed by atoms with E-state index in [0.29, 0.717) is 13.2 Å². The van der Waals surface area contributed by atoms with E-state index < -0.39 is 0 Å². The van der Waals surface area contributed by atoms with Crippen molar-refractivity contribution in [3.05, 3.63) is 25.3 Å². The van der Waals surface area contributed by atoms with Crippen molar-refractivity contribution >= 4 is 0 Å². The van der Waals surface area contributed by atoms with Gasteiger partial charge in [0.2, 0.25) is 0 Å². The van der Waals surface area contributed by atoms with Gasteiger partial charge in [-0.25, -0.2) is 0 Å². The topological polar surface area (TPSA) is 27.7 Å². The quantitative estimate of drug-likeness (QED) is 0.665. The molecular weight excluding hydrogens is 216 g/mol. The highest BCUT2D eigenvalue weighted by atomic mass is 16.6. The molecule has 0 aliphatic carbocycles. The first-order chi connectivity index (χ1) is 8.24. The Kier molecular flexibility index (Phi) is 4.02. The Balaban J connectivity index is 1.82. The Morgan fingerprint density at radius 1 is 0.941 bits per heavy atom. The fourth-order valence-corrected chi connectivity index (χ4v) is 2.50. The number of ether oxygens (including phenoxy) is 3. The summed E-state index contributed by atoms with van der Waals surface area (Å²) in [7, 11) is 0. The van der Waals surface area contributed by atoms with Crippen molar-refractivity contribution in [3.63, 3.8) is 0 Å². The van der Waals surface area contributed by atoms with Gasteiger partial charge in [-0.15, -0.1) is 13.2 Å². The van der Waals surface area contributed by atoms with Crippen molar-refractivity contribution in [3.8, 4) is 0 Å². The zero-order valence-electron chi connectivity index (χ0n) is 10.5. The maximum Gasteiger partial charge on any atom is 0.109 e. The van der Waals surface area contributed by atoms with Crippen molar-refractivity contribution < 1.29 is 14.2 Å². The van der Waals surface area contributed by atoms with E-state index in [0.717, 1.165) is 38.9 Å². The van der Waals surface area contributed by atoms with Crippen LogP contribution in [0.4, 0.5) is 0 Å². The maximum absolute atomic E-state index is 5.80. The van der Waals surface area contributed by atoms with Crippen LogP contribution in [0.3, 0.4) is 0 Å². The predicted molar refractivity (Wildman–Crippen MR) is 67.0 cm³/mol. The highest BCUT2D eigenvalue weighted by Crippen LogP contribution is 2.30. The lowest BCUT2D eigenvalue weighted by Crippen LogP contribution is -2.36. The second-order valence-electron chi connectivity index (χ2n) is 4.93. The maximum atomic E-state index is 5.80. The molecule has 2 fully saturated rings. The summed E-state index contributed by atoms with van der Waals surface area (Å²) in [5.41, 5.74) is -0.554. The first-order valence-electron chi connectivity index (χ1n) is 6.37. The largest absolute Gasteiger partial charge is 0.375 e. The normalized spacial score (nSPS) is 37.2. The smallest absolute Gasteiger partial charge is 0.109 e. The van der Waals surface area contributed by atoms with Gasteiger partial charge in [0, 0.05) is 13.2 Å². The molecule has 0 aromatic carbocycles. The highest BCUT2D eigenvalue weighted by molar-refractivity contribution is 5.02. The molecule has 2 aliphatic rings. The van der Waals surface area contributed by atoms with Gasteiger partial charge in [-0.05, 0) is 25.7 Å². The summed E-state index contributed by atoms with van der Waals surface area (Å²) in [6.07, 6.45) is 7.90. The molecule has 0 aromatic heterocycles. The Morgan fingerprint density at radius 2 is 1.41 bits per heavy atom. The van der Waals surface area contributed by atoms with Crippen LogP contribution in [0, 0.1) is 0 Å². The lowest BCUT2D eigenvalue weighted by molar-refractivity contribution is -0.0778. The van der Waals surface area contributed by atoms with Crippen molar-refractivity contribution in [1.82, 2.24) is 0 Å². The van der Waals surface area contributed by atoms with Crippen LogP contribution in [0.2, 0.25) is 0 Å². The number of rotatable bonds is 6. The van der Waals surface area contributed by atoms with Crippen molar-refractivity contribution in [1.29, 1.82) is 0 Å². The Bertz CT molecular complexity index is 245. The number of hydrogen-bond acceptors (Lipinski definition) is 3. The van der Waals surface area contributed by atoms with Gasteiger partial charge in [0.05, 0.1) is 13.2 Å². The SMILES string of the molecule is C=CC1(COCC2(C=C)CCCO2)CCCO1. The van der Waals surface area contributed by atoms with Gasteiger partial charge < -0.3 is 14.2 Å². The van der Waals surface area contributed by atoms with Crippen LogP contribution in [-0.4, -0.2) is 37.6 Å². The second-order valence-corrected chi connectivity index (χ2v) is 4.93. The van der Waals surface area contributed by atoms with Crippen LogP contribution in [0.15, 0.2) is 25.3 Å². The van der Waals surface area contributed by atoms with Crippen LogP contribution in [0.5, 0.6) is 0 Å². The fourth-order valence-electron chi connectivity index (χ4n) is 2.50. The summed E-state index contributed by atoms with van der Waals surface area (Å²) in [5.74, 6) is 0. The third kappa shape index (κ3) is 2.79. The minimum atomic E-state index is -0.277. The molecule has 2 unspecified atom stereocenters. The van der Waals surface area contributed by atoms with E-state index in [1.165, 1.54) is 0 Å². The molecule has 17 heavy (non-hydrogen) atoms. The summed E-state index contributed by atoms with van der Waals surface area (Å²) in [4.78, 5) is 0. The lowest BCUT2D eigenvalue weighted by Gasteiger charge is -2.28. The van der Waals surface area contributed by atoms with E-state index >= 15 is 0 Å². The summed E-state index contributed by atoms with van der Waals surface area (Å²) >= 11 is 0. The van der Waals surface area contributed by atoms with Crippen molar-refractivity contribution in [2.24, 2.45) is 0 Å². The van der Waals surface area contributed by atoms with Gasteiger partial charge >= 0.3 is 0 Å². The van der Waals surface area contributed by atoms with Gasteiger partial charge in [0.15, 0.2) is 0 Å². The summed E-state index contributed by atoms with van der Waals surface area (Å²) < 4.78 is 17.2. The zero-order valence-corrected chi connectivity index (χ0v) is 10.5. The molecule has 2 heterocycles. The summed E-state index contributed by atoms with van der Waals surface area (Å²) in [6, 6.07) is 0. The van der Waals surface area contributed by atoms with Crippen LogP contribution in [0.1, 0.15) is 25.7 Å². The Labute approximate surface area is 103 Å². The molecule has 3 heteroatoms. The molecule has 2 rings (SSSR count). The zero-order chi connectivity index (χ0) is 12.2. The monoisotopic (exact) mass is 238 g/mol. The van der Waals surface area contributed by atoms with Gasteiger partial charge in [0.25, 0.3) is 0 Å². The lowest BCUT2D eigenvalue weighted by atomic mass is 10.0. The van der Waals surface area contributed by atoms with E-state index in [-0.39, 0.29) is 11.2 Å². The van der Waals surface area contributed by atoms with E-state index in [9.17, 15) is 0 Å². The molecule has 2 atom stereocenters. The molecule has 0 saturated carbocycles. The molecule has 0 radical (unpaired) electrons. The molecular formula is C14H22O3. The number of hydrogen-bond donors (Lipinski definition) is 0. The third-order valence-electron chi connectivity index (χ3n) is 3.70. The minimum Gasteiger partial charge on any atom is -0.375 e. The van der Waals surface area contributed by atoms with Gasteiger partial charge in [-0.2, -0.15) is 0 Å².